The van der Waals surface area contributed by atoms with Gasteiger partial charge in [0.2, 0.25) is 0 Å². The molecule has 7 heteroatoms. The highest BCUT2D eigenvalue weighted by Gasteiger charge is 2.19. The molecule has 0 fully saturated rings. The number of nitrogens with one attached hydrogen (secondary N) is 1. The predicted molar refractivity (Wildman–Crippen MR) is 108 cm³/mol. The fourth-order valence-corrected chi connectivity index (χ4v) is 3.80. The van der Waals surface area contributed by atoms with Gasteiger partial charge in [-0.3, -0.25) is 9.55 Å². The maximum Gasteiger partial charge on any atom is 0.326 e. The standard InChI is InChI=1S/C21H17F2N3OS/c1-12-19(13-6-4-3-5-7-13)20-18(10-24-12)25-21(27)26(20)11-15-16(22)8-14(28-2)9-17(15)23/h3-10H,11H2,1-2H3,(H,25,27). The molecule has 4 aromatic rings. The Morgan fingerprint density at radius 3 is 2.46 bits per heavy atom. The second-order valence-electron chi connectivity index (χ2n) is 6.43. The van der Waals surface area contributed by atoms with Crippen molar-refractivity contribution in [1.82, 2.24) is 14.5 Å². The zero-order valence-electron chi connectivity index (χ0n) is 15.3. The number of H-pyrrole nitrogens is 1. The summed E-state index contributed by atoms with van der Waals surface area (Å²) >= 11 is 1.26. The summed E-state index contributed by atoms with van der Waals surface area (Å²) < 4.78 is 30.4. The lowest BCUT2D eigenvalue weighted by Gasteiger charge is -2.12. The summed E-state index contributed by atoms with van der Waals surface area (Å²) in [7, 11) is 0. The fourth-order valence-electron chi connectivity index (χ4n) is 3.36. The molecule has 2 aromatic carbocycles. The first-order chi connectivity index (χ1) is 13.5. The number of hydrogen-bond donors (Lipinski definition) is 1. The fraction of sp³-hybridized carbons (Fsp3) is 0.143. The van der Waals surface area contributed by atoms with E-state index in [4.69, 9.17) is 0 Å². The smallest absolute Gasteiger partial charge is 0.304 e. The Bertz CT molecular complexity index is 1210. The van der Waals surface area contributed by atoms with Crippen molar-refractivity contribution >= 4 is 22.8 Å². The molecule has 0 radical (unpaired) electrons. The number of hydrogen-bond acceptors (Lipinski definition) is 3. The van der Waals surface area contributed by atoms with Gasteiger partial charge in [0.1, 0.15) is 11.6 Å². The number of imidazole rings is 1. The van der Waals surface area contributed by atoms with Crippen LogP contribution in [-0.4, -0.2) is 20.8 Å². The van der Waals surface area contributed by atoms with Gasteiger partial charge in [0, 0.05) is 21.7 Å². The molecular formula is C21H17F2N3OS. The van der Waals surface area contributed by atoms with Crippen LogP contribution in [0.4, 0.5) is 8.78 Å². The van der Waals surface area contributed by atoms with Gasteiger partial charge in [0.05, 0.1) is 23.8 Å². The van der Waals surface area contributed by atoms with Crippen LogP contribution in [0.25, 0.3) is 22.2 Å². The van der Waals surface area contributed by atoms with E-state index >= 15 is 0 Å². The highest BCUT2D eigenvalue weighted by atomic mass is 32.2. The van der Waals surface area contributed by atoms with E-state index in [2.05, 4.69) is 9.97 Å². The topological polar surface area (TPSA) is 50.7 Å². The van der Waals surface area contributed by atoms with Gasteiger partial charge in [-0.05, 0) is 30.9 Å². The van der Waals surface area contributed by atoms with Crippen LogP contribution >= 0.6 is 11.8 Å². The first kappa shape index (κ1) is 18.4. The Morgan fingerprint density at radius 1 is 1.14 bits per heavy atom. The maximum atomic E-state index is 14.5. The van der Waals surface area contributed by atoms with E-state index in [1.54, 1.807) is 12.5 Å². The number of aromatic amines is 1. The molecule has 0 aliphatic carbocycles. The molecule has 0 saturated heterocycles. The number of fused-ring (bicyclic) bond motifs is 1. The van der Waals surface area contributed by atoms with E-state index in [9.17, 15) is 13.6 Å². The molecule has 1 N–H and O–H groups in total. The number of halogens is 2. The Balaban J connectivity index is 1.95. The van der Waals surface area contributed by atoms with Gasteiger partial charge in [-0.15, -0.1) is 11.8 Å². The van der Waals surface area contributed by atoms with Crippen molar-refractivity contribution in [3.63, 3.8) is 0 Å². The minimum atomic E-state index is -0.669. The third kappa shape index (κ3) is 3.11. The first-order valence-corrected chi connectivity index (χ1v) is 9.87. The highest BCUT2D eigenvalue weighted by molar-refractivity contribution is 7.98. The molecule has 2 heterocycles. The molecule has 0 aliphatic heterocycles. The molecule has 0 atom stereocenters. The van der Waals surface area contributed by atoms with E-state index in [0.717, 1.165) is 16.8 Å². The molecule has 142 valence electrons. The summed E-state index contributed by atoms with van der Waals surface area (Å²) in [5.41, 5.74) is 2.89. The zero-order chi connectivity index (χ0) is 19.8. The lowest BCUT2D eigenvalue weighted by molar-refractivity contribution is 0.539. The second-order valence-corrected chi connectivity index (χ2v) is 7.31. The van der Waals surface area contributed by atoms with Crippen molar-refractivity contribution in [1.29, 1.82) is 0 Å². The molecule has 0 amide bonds. The quantitative estimate of drug-likeness (QED) is 0.506. The maximum absolute atomic E-state index is 14.5. The van der Waals surface area contributed by atoms with Gasteiger partial charge < -0.3 is 4.98 Å². The minimum absolute atomic E-state index is 0.144. The number of benzene rings is 2. The van der Waals surface area contributed by atoms with E-state index in [0.29, 0.717) is 15.9 Å². The summed E-state index contributed by atoms with van der Waals surface area (Å²) in [4.78, 5) is 20.2. The van der Waals surface area contributed by atoms with Gasteiger partial charge >= 0.3 is 5.69 Å². The van der Waals surface area contributed by atoms with E-state index in [1.807, 2.05) is 37.3 Å². The van der Waals surface area contributed by atoms with Crippen LogP contribution in [0.2, 0.25) is 0 Å². The number of nitrogens with zero attached hydrogens (tertiary/aromatic N) is 2. The third-order valence-corrected chi connectivity index (χ3v) is 5.43. The second kappa shape index (κ2) is 7.24. The van der Waals surface area contributed by atoms with Crippen LogP contribution < -0.4 is 5.69 Å². The largest absolute Gasteiger partial charge is 0.326 e. The summed E-state index contributed by atoms with van der Waals surface area (Å²) in [5.74, 6) is -1.34. The van der Waals surface area contributed by atoms with Crippen molar-refractivity contribution in [2.24, 2.45) is 0 Å². The Labute approximate surface area is 164 Å². The van der Waals surface area contributed by atoms with Crippen molar-refractivity contribution in [3.05, 3.63) is 82.0 Å². The van der Waals surface area contributed by atoms with Crippen LogP contribution in [-0.2, 0) is 6.54 Å². The molecule has 0 aliphatic rings. The SMILES string of the molecule is CSc1cc(F)c(Cn2c(=O)[nH]c3cnc(C)c(-c4ccccc4)c32)c(F)c1. The van der Waals surface area contributed by atoms with Crippen LogP contribution in [0, 0.1) is 18.6 Å². The summed E-state index contributed by atoms with van der Waals surface area (Å²) in [6, 6.07) is 12.1. The number of aromatic nitrogens is 3. The molecule has 28 heavy (non-hydrogen) atoms. The molecule has 0 saturated carbocycles. The summed E-state index contributed by atoms with van der Waals surface area (Å²) in [5, 5.41) is 0. The molecule has 2 aromatic heterocycles. The van der Waals surface area contributed by atoms with Gasteiger partial charge in [0.15, 0.2) is 0 Å². The molecule has 4 nitrogen and oxygen atoms in total. The Hall–Kier alpha value is -2.93. The van der Waals surface area contributed by atoms with Crippen LogP contribution in [0.15, 0.2) is 58.4 Å². The normalized spacial score (nSPS) is 11.3. The number of aryl methyl sites for hydroxylation is 1. The molecule has 4 rings (SSSR count). The molecule has 0 spiro atoms. The monoisotopic (exact) mass is 397 g/mol. The zero-order valence-corrected chi connectivity index (χ0v) is 16.1. The van der Waals surface area contributed by atoms with E-state index < -0.39 is 17.3 Å². The van der Waals surface area contributed by atoms with Gasteiger partial charge in [0.25, 0.3) is 0 Å². The molecular weight excluding hydrogens is 380 g/mol. The average Bonchev–Trinajstić information content (AvgIpc) is 3.00. The Kier molecular flexibility index (Phi) is 4.77. The van der Waals surface area contributed by atoms with Crippen molar-refractivity contribution in [3.8, 4) is 11.1 Å². The molecule has 0 unspecified atom stereocenters. The first-order valence-electron chi connectivity index (χ1n) is 8.65. The van der Waals surface area contributed by atoms with Crippen LogP contribution in [0.3, 0.4) is 0 Å². The lowest BCUT2D eigenvalue weighted by atomic mass is 10.0. The highest BCUT2D eigenvalue weighted by Crippen LogP contribution is 2.30. The van der Waals surface area contributed by atoms with Gasteiger partial charge in [-0.2, -0.15) is 0 Å². The number of rotatable bonds is 4. The minimum Gasteiger partial charge on any atom is -0.304 e. The van der Waals surface area contributed by atoms with Gasteiger partial charge in [-0.1, -0.05) is 30.3 Å². The number of thioether (sulfide) groups is 1. The van der Waals surface area contributed by atoms with Crippen molar-refractivity contribution in [2.45, 2.75) is 18.4 Å². The van der Waals surface area contributed by atoms with Crippen LogP contribution in [0.1, 0.15) is 11.3 Å². The predicted octanol–water partition coefficient (Wildman–Crippen LogP) is 4.75. The van der Waals surface area contributed by atoms with E-state index in [1.165, 1.54) is 28.5 Å². The average molecular weight is 397 g/mol. The molecule has 0 bridgehead atoms. The Morgan fingerprint density at radius 2 is 1.82 bits per heavy atom. The van der Waals surface area contributed by atoms with Crippen molar-refractivity contribution < 1.29 is 8.78 Å². The summed E-state index contributed by atoms with van der Waals surface area (Å²) in [6.07, 6.45) is 3.32. The lowest BCUT2D eigenvalue weighted by Crippen LogP contribution is -2.19. The van der Waals surface area contributed by atoms with Crippen molar-refractivity contribution in [2.75, 3.05) is 6.26 Å². The summed E-state index contributed by atoms with van der Waals surface area (Å²) in [6.45, 7) is 1.63. The third-order valence-electron chi connectivity index (χ3n) is 4.73. The number of pyridine rings is 1. The van der Waals surface area contributed by atoms with E-state index in [-0.39, 0.29) is 12.1 Å². The van der Waals surface area contributed by atoms with Crippen LogP contribution in [0.5, 0.6) is 0 Å². The van der Waals surface area contributed by atoms with Gasteiger partial charge in [-0.25, -0.2) is 13.6 Å².